The van der Waals surface area contributed by atoms with E-state index in [1.165, 1.54) is 0 Å². The number of rotatable bonds is 3. The van der Waals surface area contributed by atoms with E-state index in [2.05, 4.69) is 4.98 Å². The molecule has 0 radical (unpaired) electrons. The van der Waals surface area contributed by atoms with Crippen LogP contribution in [0.5, 0.6) is 0 Å². The van der Waals surface area contributed by atoms with E-state index >= 15 is 0 Å². The molecule has 1 heterocycles. The highest BCUT2D eigenvalue weighted by Gasteiger charge is 2.01. The first-order valence-electron chi connectivity index (χ1n) is 4.65. The lowest BCUT2D eigenvalue weighted by atomic mass is 10.2. The maximum atomic E-state index is 9.03. The van der Waals surface area contributed by atoms with Crippen LogP contribution < -0.4 is 0 Å². The van der Waals surface area contributed by atoms with Gasteiger partial charge in [-0.3, -0.25) is 0 Å². The van der Waals surface area contributed by atoms with E-state index in [-0.39, 0.29) is 6.61 Å². The molecule has 0 fully saturated rings. The first-order chi connectivity index (χ1) is 7.29. The van der Waals surface area contributed by atoms with Crippen LogP contribution in [-0.4, -0.2) is 14.7 Å². The fourth-order valence-electron chi connectivity index (χ4n) is 1.47. The molecule has 1 aromatic carbocycles. The Morgan fingerprint density at radius 2 is 2.27 bits per heavy atom. The molecule has 2 aromatic rings. The Morgan fingerprint density at radius 3 is 3.00 bits per heavy atom. The average molecular weight is 223 g/mol. The number of halogens is 1. The molecular formula is C11H11ClN2O. The Kier molecular flexibility index (Phi) is 3.04. The molecule has 0 saturated heterocycles. The summed E-state index contributed by atoms with van der Waals surface area (Å²) in [5.41, 5.74) is 1.09. The molecule has 2 rings (SSSR count). The Bertz CT molecular complexity index is 453. The van der Waals surface area contributed by atoms with Crippen molar-refractivity contribution in [2.24, 2.45) is 0 Å². The fraction of sp³-hybridized carbons (Fsp3) is 0.182. The second-order valence-electron chi connectivity index (χ2n) is 3.26. The van der Waals surface area contributed by atoms with Crippen molar-refractivity contribution >= 4 is 11.6 Å². The SMILES string of the molecule is OCc1nccn1Cc1cccc(Cl)c1. The Labute approximate surface area is 93.0 Å². The van der Waals surface area contributed by atoms with Crippen LogP contribution in [-0.2, 0) is 13.2 Å². The summed E-state index contributed by atoms with van der Waals surface area (Å²) in [7, 11) is 0. The summed E-state index contributed by atoms with van der Waals surface area (Å²) >= 11 is 5.88. The number of benzene rings is 1. The largest absolute Gasteiger partial charge is 0.388 e. The molecule has 0 saturated carbocycles. The average Bonchev–Trinajstić information content (AvgIpc) is 2.65. The molecule has 1 aromatic heterocycles. The first-order valence-corrected chi connectivity index (χ1v) is 5.02. The van der Waals surface area contributed by atoms with Crippen LogP contribution in [0, 0.1) is 0 Å². The van der Waals surface area contributed by atoms with Gasteiger partial charge in [-0.25, -0.2) is 4.98 Å². The molecule has 0 aliphatic rings. The number of aromatic nitrogens is 2. The van der Waals surface area contributed by atoms with Gasteiger partial charge in [-0.2, -0.15) is 0 Å². The zero-order chi connectivity index (χ0) is 10.7. The molecule has 0 atom stereocenters. The Hall–Kier alpha value is -1.32. The maximum Gasteiger partial charge on any atom is 0.134 e. The molecule has 0 spiro atoms. The van der Waals surface area contributed by atoms with E-state index in [0.717, 1.165) is 10.6 Å². The van der Waals surface area contributed by atoms with Crippen molar-refractivity contribution in [2.75, 3.05) is 0 Å². The number of hydrogen-bond acceptors (Lipinski definition) is 2. The zero-order valence-corrected chi connectivity index (χ0v) is 8.85. The highest BCUT2D eigenvalue weighted by atomic mass is 35.5. The summed E-state index contributed by atoms with van der Waals surface area (Å²) < 4.78 is 1.89. The summed E-state index contributed by atoms with van der Waals surface area (Å²) in [6, 6.07) is 7.65. The van der Waals surface area contributed by atoms with Crippen molar-refractivity contribution in [3.05, 3.63) is 53.1 Å². The van der Waals surface area contributed by atoms with Gasteiger partial charge < -0.3 is 9.67 Å². The molecule has 3 nitrogen and oxygen atoms in total. The van der Waals surface area contributed by atoms with Crippen LogP contribution in [0.4, 0.5) is 0 Å². The second-order valence-corrected chi connectivity index (χ2v) is 3.70. The van der Waals surface area contributed by atoms with Crippen LogP contribution in [0.15, 0.2) is 36.7 Å². The van der Waals surface area contributed by atoms with Crippen LogP contribution in [0.25, 0.3) is 0 Å². The molecule has 4 heteroatoms. The van der Waals surface area contributed by atoms with Crippen molar-refractivity contribution in [1.29, 1.82) is 0 Å². The first kappa shape index (κ1) is 10.2. The molecule has 0 amide bonds. The number of nitrogens with zero attached hydrogens (tertiary/aromatic N) is 2. The molecule has 0 bridgehead atoms. The fourth-order valence-corrected chi connectivity index (χ4v) is 1.68. The van der Waals surface area contributed by atoms with Gasteiger partial charge in [-0.15, -0.1) is 0 Å². The second kappa shape index (κ2) is 4.47. The normalized spacial score (nSPS) is 10.5. The standard InChI is InChI=1S/C11H11ClN2O/c12-10-3-1-2-9(6-10)7-14-5-4-13-11(14)8-15/h1-6,15H,7-8H2. The van der Waals surface area contributed by atoms with E-state index in [4.69, 9.17) is 16.7 Å². The van der Waals surface area contributed by atoms with Gasteiger partial charge in [-0.05, 0) is 17.7 Å². The van der Waals surface area contributed by atoms with Gasteiger partial charge in [0, 0.05) is 24.0 Å². The summed E-state index contributed by atoms with van der Waals surface area (Å²) in [6.07, 6.45) is 3.52. The molecule has 0 unspecified atom stereocenters. The zero-order valence-electron chi connectivity index (χ0n) is 8.10. The minimum Gasteiger partial charge on any atom is -0.388 e. The van der Waals surface area contributed by atoms with Crippen molar-refractivity contribution < 1.29 is 5.11 Å². The summed E-state index contributed by atoms with van der Waals surface area (Å²) in [4.78, 5) is 4.03. The lowest BCUT2D eigenvalue weighted by Crippen LogP contribution is -2.03. The summed E-state index contributed by atoms with van der Waals surface area (Å²) in [5, 5.41) is 9.75. The van der Waals surface area contributed by atoms with Gasteiger partial charge in [0.25, 0.3) is 0 Å². The minimum atomic E-state index is -0.0480. The number of aliphatic hydroxyl groups is 1. The lowest BCUT2D eigenvalue weighted by Gasteiger charge is -2.06. The minimum absolute atomic E-state index is 0.0480. The van der Waals surface area contributed by atoms with Gasteiger partial charge in [0.15, 0.2) is 0 Å². The smallest absolute Gasteiger partial charge is 0.134 e. The third-order valence-corrected chi connectivity index (χ3v) is 2.42. The van der Waals surface area contributed by atoms with Crippen LogP contribution in [0.1, 0.15) is 11.4 Å². The van der Waals surface area contributed by atoms with E-state index in [9.17, 15) is 0 Å². The summed E-state index contributed by atoms with van der Waals surface area (Å²) in [5.74, 6) is 0.662. The van der Waals surface area contributed by atoms with E-state index in [0.29, 0.717) is 12.4 Å². The van der Waals surface area contributed by atoms with Crippen molar-refractivity contribution in [3.8, 4) is 0 Å². The molecule has 15 heavy (non-hydrogen) atoms. The van der Waals surface area contributed by atoms with Gasteiger partial charge >= 0.3 is 0 Å². The van der Waals surface area contributed by atoms with E-state index < -0.39 is 0 Å². The van der Waals surface area contributed by atoms with Crippen molar-refractivity contribution in [1.82, 2.24) is 9.55 Å². The van der Waals surface area contributed by atoms with Crippen LogP contribution in [0.2, 0.25) is 5.02 Å². The highest BCUT2D eigenvalue weighted by Crippen LogP contribution is 2.12. The predicted molar refractivity (Wildman–Crippen MR) is 58.7 cm³/mol. The van der Waals surface area contributed by atoms with Gasteiger partial charge in [-0.1, -0.05) is 23.7 Å². The monoisotopic (exact) mass is 222 g/mol. The molecule has 0 aliphatic heterocycles. The Morgan fingerprint density at radius 1 is 1.40 bits per heavy atom. The Balaban J connectivity index is 2.22. The van der Waals surface area contributed by atoms with Crippen LogP contribution in [0.3, 0.4) is 0 Å². The topological polar surface area (TPSA) is 38.1 Å². The molecule has 78 valence electrons. The van der Waals surface area contributed by atoms with Crippen molar-refractivity contribution in [3.63, 3.8) is 0 Å². The van der Waals surface area contributed by atoms with Gasteiger partial charge in [0.2, 0.25) is 0 Å². The van der Waals surface area contributed by atoms with Gasteiger partial charge in [0.05, 0.1) is 0 Å². The van der Waals surface area contributed by atoms with Gasteiger partial charge in [0.1, 0.15) is 12.4 Å². The number of imidazole rings is 1. The predicted octanol–water partition coefficient (Wildman–Crippen LogP) is 2.08. The van der Waals surface area contributed by atoms with E-state index in [1.807, 2.05) is 35.0 Å². The number of hydrogen-bond donors (Lipinski definition) is 1. The third-order valence-electron chi connectivity index (χ3n) is 2.19. The quantitative estimate of drug-likeness (QED) is 0.864. The van der Waals surface area contributed by atoms with E-state index in [1.54, 1.807) is 6.20 Å². The highest BCUT2D eigenvalue weighted by molar-refractivity contribution is 6.30. The number of aliphatic hydroxyl groups excluding tert-OH is 1. The lowest BCUT2D eigenvalue weighted by molar-refractivity contribution is 0.266. The maximum absolute atomic E-state index is 9.03. The molecule has 1 N–H and O–H groups in total. The van der Waals surface area contributed by atoms with Crippen LogP contribution >= 0.6 is 11.6 Å². The van der Waals surface area contributed by atoms with Crippen molar-refractivity contribution in [2.45, 2.75) is 13.2 Å². The summed E-state index contributed by atoms with van der Waals surface area (Å²) in [6.45, 7) is 0.629. The third kappa shape index (κ3) is 2.37. The molecular weight excluding hydrogens is 212 g/mol. The molecule has 0 aliphatic carbocycles.